The summed E-state index contributed by atoms with van der Waals surface area (Å²) < 4.78 is 0. The summed E-state index contributed by atoms with van der Waals surface area (Å²) in [7, 11) is 0. The summed E-state index contributed by atoms with van der Waals surface area (Å²) in [5, 5.41) is 13.3. The third-order valence-electron chi connectivity index (χ3n) is 3.23. The van der Waals surface area contributed by atoms with Crippen molar-refractivity contribution in [3.8, 4) is 6.07 Å². The summed E-state index contributed by atoms with van der Waals surface area (Å²) in [6.45, 7) is 1.95. The predicted octanol–water partition coefficient (Wildman–Crippen LogP) is 3.74. The molecule has 0 saturated heterocycles. The Hall–Kier alpha value is -3.06. The first-order valence-electron chi connectivity index (χ1n) is 6.60. The summed E-state index contributed by atoms with van der Waals surface area (Å²) in [6, 6.07) is 17.1. The summed E-state index contributed by atoms with van der Waals surface area (Å²) in [4.78, 5) is 4.50. The molecule has 2 aromatic carbocycles. The van der Waals surface area contributed by atoms with Gasteiger partial charge in [0, 0.05) is 28.1 Å². The smallest absolute Gasteiger partial charge is 0.0992 e. The minimum atomic E-state index is 0.620. The molecule has 4 nitrogen and oxygen atoms in total. The highest BCUT2D eigenvalue weighted by Crippen LogP contribution is 2.28. The van der Waals surface area contributed by atoms with Gasteiger partial charge in [0.05, 0.1) is 17.1 Å². The van der Waals surface area contributed by atoms with Gasteiger partial charge in [0.2, 0.25) is 0 Å². The lowest BCUT2D eigenvalue weighted by Gasteiger charge is -2.11. The Bertz CT molecular complexity index is 862. The predicted molar refractivity (Wildman–Crippen MR) is 85.3 cm³/mol. The molecule has 0 aliphatic carbocycles. The molecule has 3 rings (SSSR count). The Balaban J connectivity index is 2.11. The van der Waals surface area contributed by atoms with Gasteiger partial charge < -0.3 is 11.1 Å². The van der Waals surface area contributed by atoms with Crippen LogP contribution in [0.1, 0.15) is 11.3 Å². The van der Waals surface area contributed by atoms with Crippen LogP contribution in [0.25, 0.3) is 10.9 Å². The zero-order valence-corrected chi connectivity index (χ0v) is 11.6. The first-order chi connectivity index (χ1) is 10.2. The van der Waals surface area contributed by atoms with Gasteiger partial charge >= 0.3 is 0 Å². The molecule has 102 valence electrons. The topological polar surface area (TPSA) is 74.7 Å². The van der Waals surface area contributed by atoms with Crippen molar-refractivity contribution in [2.24, 2.45) is 0 Å². The van der Waals surface area contributed by atoms with Crippen LogP contribution < -0.4 is 11.1 Å². The number of fused-ring (bicyclic) bond motifs is 1. The van der Waals surface area contributed by atoms with Crippen LogP contribution in [0.5, 0.6) is 0 Å². The number of nitrogens with two attached hydrogens (primary N) is 1. The van der Waals surface area contributed by atoms with Crippen molar-refractivity contribution in [1.82, 2.24) is 4.98 Å². The highest BCUT2D eigenvalue weighted by atomic mass is 14.9. The van der Waals surface area contributed by atoms with Gasteiger partial charge in [0.1, 0.15) is 0 Å². The van der Waals surface area contributed by atoms with Crippen LogP contribution in [-0.2, 0) is 0 Å². The molecule has 0 aliphatic rings. The zero-order chi connectivity index (χ0) is 14.8. The number of hydrogen-bond donors (Lipinski definition) is 2. The quantitative estimate of drug-likeness (QED) is 0.698. The molecule has 0 spiro atoms. The van der Waals surface area contributed by atoms with Gasteiger partial charge in [0.25, 0.3) is 0 Å². The second-order valence-electron chi connectivity index (χ2n) is 4.91. The van der Waals surface area contributed by atoms with E-state index in [2.05, 4.69) is 16.4 Å². The van der Waals surface area contributed by atoms with E-state index < -0.39 is 0 Å². The molecule has 0 aliphatic heterocycles. The molecule has 0 bridgehead atoms. The van der Waals surface area contributed by atoms with Crippen molar-refractivity contribution >= 4 is 28.0 Å². The second-order valence-corrected chi connectivity index (χ2v) is 4.91. The number of aryl methyl sites for hydroxylation is 1. The number of nitrogens with zero attached hydrogens (tertiary/aromatic N) is 2. The summed E-state index contributed by atoms with van der Waals surface area (Å²) in [6.07, 6.45) is 0. The highest BCUT2D eigenvalue weighted by molar-refractivity contribution is 5.95. The Morgan fingerprint density at radius 3 is 2.81 bits per heavy atom. The Morgan fingerprint density at radius 1 is 1.14 bits per heavy atom. The number of anilines is 3. The fourth-order valence-corrected chi connectivity index (χ4v) is 2.30. The SMILES string of the molecule is Cc1cc(Nc2cccc(C#N)c2)c2cc(N)ccc2n1. The monoisotopic (exact) mass is 274 g/mol. The average Bonchev–Trinajstić information content (AvgIpc) is 2.48. The third kappa shape index (κ3) is 2.63. The average molecular weight is 274 g/mol. The molecule has 1 heterocycles. The van der Waals surface area contributed by atoms with E-state index >= 15 is 0 Å². The number of nitrogen functional groups attached to an aromatic ring is 1. The number of pyridine rings is 1. The van der Waals surface area contributed by atoms with Gasteiger partial charge in [-0.2, -0.15) is 5.26 Å². The number of nitriles is 1. The van der Waals surface area contributed by atoms with E-state index in [0.29, 0.717) is 11.3 Å². The summed E-state index contributed by atoms with van der Waals surface area (Å²) in [5.74, 6) is 0. The van der Waals surface area contributed by atoms with Crippen LogP contribution in [0.15, 0.2) is 48.5 Å². The molecular weight excluding hydrogens is 260 g/mol. The molecular formula is C17H14N4. The minimum absolute atomic E-state index is 0.620. The van der Waals surface area contributed by atoms with Crippen LogP contribution >= 0.6 is 0 Å². The van der Waals surface area contributed by atoms with E-state index in [9.17, 15) is 0 Å². The number of rotatable bonds is 2. The maximum atomic E-state index is 8.98. The van der Waals surface area contributed by atoms with Gasteiger partial charge in [-0.3, -0.25) is 4.98 Å². The van der Waals surface area contributed by atoms with Crippen molar-refractivity contribution in [2.45, 2.75) is 6.92 Å². The van der Waals surface area contributed by atoms with Crippen LogP contribution in [0.2, 0.25) is 0 Å². The van der Waals surface area contributed by atoms with E-state index in [-0.39, 0.29) is 0 Å². The Kier molecular flexibility index (Phi) is 3.17. The Labute approximate surface area is 122 Å². The van der Waals surface area contributed by atoms with Crippen molar-refractivity contribution in [2.75, 3.05) is 11.1 Å². The third-order valence-corrected chi connectivity index (χ3v) is 3.23. The van der Waals surface area contributed by atoms with E-state index in [0.717, 1.165) is 28.0 Å². The molecule has 21 heavy (non-hydrogen) atoms. The number of benzene rings is 2. The normalized spacial score (nSPS) is 10.3. The maximum Gasteiger partial charge on any atom is 0.0992 e. The second kappa shape index (κ2) is 5.14. The van der Waals surface area contributed by atoms with Crippen LogP contribution in [0.3, 0.4) is 0 Å². The first kappa shape index (κ1) is 12.9. The van der Waals surface area contributed by atoms with E-state index in [1.54, 1.807) is 6.07 Å². The number of hydrogen-bond acceptors (Lipinski definition) is 4. The lowest BCUT2D eigenvalue weighted by molar-refractivity contribution is 1.25. The summed E-state index contributed by atoms with van der Waals surface area (Å²) in [5.41, 5.74) is 10.8. The van der Waals surface area contributed by atoms with E-state index in [1.165, 1.54) is 0 Å². The fourth-order valence-electron chi connectivity index (χ4n) is 2.30. The molecule has 3 aromatic rings. The van der Waals surface area contributed by atoms with Crippen LogP contribution in [-0.4, -0.2) is 4.98 Å². The number of aromatic nitrogens is 1. The lowest BCUT2D eigenvalue weighted by atomic mass is 10.1. The molecule has 3 N–H and O–H groups in total. The lowest BCUT2D eigenvalue weighted by Crippen LogP contribution is -1.96. The van der Waals surface area contributed by atoms with Crippen molar-refractivity contribution in [3.05, 3.63) is 59.8 Å². The minimum Gasteiger partial charge on any atom is -0.399 e. The molecule has 0 unspecified atom stereocenters. The molecule has 0 amide bonds. The first-order valence-corrected chi connectivity index (χ1v) is 6.60. The van der Waals surface area contributed by atoms with E-state index in [4.69, 9.17) is 11.0 Å². The molecule has 0 atom stereocenters. The largest absolute Gasteiger partial charge is 0.399 e. The molecule has 4 heteroatoms. The van der Waals surface area contributed by atoms with Crippen molar-refractivity contribution in [1.29, 1.82) is 5.26 Å². The van der Waals surface area contributed by atoms with Crippen LogP contribution in [0.4, 0.5) is 17.1 Å². The van der Waals surface area contributed by atoms with Crippen LogP contribution in [0, 0.1) is 18.3 Å². The van der Waals surface area contributed by atoms with Crippen molar-refractivity contribution in [3.63, 3.8) is 0 Å². The maximum absolute atomic E-state index is 8.98. The zero-order valence-electron chi connectivity index (χ0n) is 11.6. The fraction of sp³-hybridized carbons (Fsp3) is 0.0588. The number of nitrogens with one attached hydrogen (secondary N) is 1. The molecule has 0 saturated carbocycles. The molecule has 0 fully saturated rings. The summed E-state index contributed by atoms with van der Waals surface area (Å²) >= 11 is 0. The van der Waals surface area contributed by atoms with E-state index in [1.807, 2.05) is 49.4 Å². The van der Waals surface area contributed by atoms with Gasteiger partial charge in [-0.05, 0) is 49.4 Å². The standard InChI is InChI=1S/C17H14N4/c1-11-7-17(15-9-13(19)5-6-16(15)20-11)21-14-4-2-3-12(8-14)10-18/h2-9H,19H2,1H3,(H,20,21). The van der Waals surface area contributed by atoms with Gasteiger partial charge in [-0.15, -0.1) is 0 Å². The molecule has 0 radical (unpaired) electrons. The Morgan fingerprint density at radius 2 is 2.00 bits per heavy atom. The van der Waals surface area contributed by atoms with Crippen molar-refractivity contribution < 1.29 is 0 Å². The van der Waals surface area contributed by atoms with Gasteiger partial charge in [0.15, 0.2) is 0 Å². The highest BCUT2D eigenvalue weighted by Gasteiger charge is 2.05. The van der Waals surface area contributed by atoms with Gasteiger partial charge in [-0.1, -0.05) is 6.07 Å². The molecule has 1 aromatic heterocycles. The van der Waals surface area contributed by atoms with Gasteiger partial charge in [-0.25, -0.2) is 0 Å².